The normalized spacial score (nSPS) is 10.5. The first kappa shape index (κ1) is 9.93. The number of hydrogen-bond donors (Lipinski definition) is 2. The minimum atomic E-state index is 0.514. The number of hydrogen-bond acceptors (Lipinski definition) is 3. The van der Waals surface area contributed by atoms with Crippen molar-refractivity contribution in [3.05, 3.63) is 35.9 Å². The number of pyridine rings is 1. The minimum absolute atomic E-state index is 0.514. The lowest BCUT2D eigenvalue weighted by Crippen LogP contribution is -2.07. The van der Waals surface area contributed by atoms with E-state index in [9.17, 15) is 0 Å². The van der Waals surface area contributed by atoms with E-state index in [0.29, 0.717) is 6.54 Å². The van der Waals surface area contributed by atoms with Gasteiger partial charge in [-0.25, -0.2) is 4.98 Å². The molecule has 1 heterocycles. The van der Waals surface area contributed by atoms with Crippen LogP contribution >= 0.6 is 0 Å². The summed E-state index contributed by atoms with van der Waals surface area (Å²) in [7, 11) is 0. The van der Waals surface area contributed by atoms with Gasteiger partial charge in [-0.05, 0) is 19.1 Å². The highest BCUT2D eigenvalue weighted by atomic mass is 15.0. The predicted molar refractivity (Wildman–Crippen MR) is 63.8 cm³/mol. The first-order valence-electron chi connectivity index (χ1n) is 5.17. The predicted octanol–water partition coefficient (Wildman–Crippen LogP) is 2.13. The summed E-state index contributed by atoms with van der Waals surface area (Å²) < 4.78 is 0. The summed E-state index contributed by atoms with van der Waals surface area (Å²) >= 11 is 0. The molecule has 0 spiro atoms. The van der Waals surface area contributed by atoms with E-state index in [1.807, 2.05) is 18.2 Å². The molecule has 15 heavy (non-hydrogen) atoms. The number of nitrogens with zero attached hydrogens (tertiary/aromatic N) is 1. The van der Waals surface area contributed by atoms with Gasteiger partial charge in [-0.15, -0.1) is 0 Å². The monoisotopic (exact) mass is 201 g/mol. The summed E-state index contributed by atoms with van der Waals surface area (Å²) in [4.78, 5) is 4.54. The van der Waals surface area contributed by atoms with Gasteiger partial charge in [-0.3, -0.25) is 0 Å². The smallest absolute Gasteiger partial charge is 0.131 e. The average molecular weight is 201 g/mol. The molecule has 0 radical (unpaired) electrons. The zero-order valence-corrected chi connectivity index (χ0v) is 8.83. The van der Waals surface area contributed by atoms with Crippen LogP contribution in [0.5, 0.6) is 0 Å². The molecule has 3 heteroatoms. The Morgan fingerprint density at radius 3 is 2.87 bits per heavy atom. The number of nitrogens with one attached hydrogen (secondary N) is 1. The molecular weight excluding hydrogens is 186 g/mol. The Bertz CT molecular complexity index is 465. The molecule has 1 aromatic carbocycles. The maximum absolute atomic E-state index is 5.69. The number of aromatic nitrogens is 1. The van der Waals surface area contributed by atoms with Crippen LogP contribution < -0.4 is 11.1 Å². The maximum Gasteiger partial charge on any atom is 0.131 e. The van der Waals surface area contributed by atoms with E-state index in [-0.39, 0.29) is 0 Å². The summed E-state index contributed by atoms with van der Waals surface area (Å²) in [6.45, 7) is 3.43. The molecule has 3 nitrogen and oxygen atoms in total. The van der Waals surface area contributed by atoms with Crippen molar-refractivity contribution in [3.63, 3.8) is 0 Å². The third-order valence-electron chi connectivity index (χ3n) is 2.37. The third kappa shape index (κ3) is 1.92. The summed E-state index contributed by atoms with van der Waals surface area (Å²) in [6, 6.07) is 10.2. The molecule has 2 aromatic rings. The van der Waals surface area contributed by atoms with Gasteiger partial charge in [0.15, 0.2) is 0 Å². The summed E-state index contributed by atoms with van der Waals surface area (Å²) in [5, 5.41) is 4.37. The van der Waals surface area contributed by atoms with Gasteiger partial charge in [0.25, 0.3) is 0 Å². The van der Waals surface area contributed by atoms with Gasteiger partial charge in [-0.2, -0.15) is 0 Å². The van der Waals surface area contributed by atoms with Crippen molar-refractivity contribution in [1.29, 1.82) is 0 Å². The van der Waals surface area contributed by atoms with E-state index in [1.54, 1.807) is 0 Å². The average Bonchev–Trinajstić information content (AvgIpc) is 2.28. The molecule has 0 amide bonds. The van der Waals surface area contributed by atoms with Crippen LogP contribution in [0.25, 0.3) is 10.9 Å². The molecule has 0 saturated heterocycles. The number of nitrogens with two attached hydrogens (primary N) is 1. The van der Waals surface area contributed by atoms with E-state index in [0.717, 1.165) is 28.8 Å². The number of fused-ring (bicyclic) bond motifs is 1. The molecule has 0 saturated carbocycles. The fraction of sp³-hybridized carbons (Fsp3) is 0.250. The van der Waals surface area contributed by atoms with Crippen LogP contribution in [0, 0.1) is 0 Å². The number of para-hydroxylation sites is 1. The number of rotatable bonds is 3. The minimum Gasteiger partial charge on any atom is -0.370 e. The molecule has 0 aliphatic rings. The van der Waals surface area contributed by atoms with Crippen LogP contribution in [0.15, 0.2) is 30.3 Å². The van der Waals surface area contributed by atoms with Crippen molar-refractivity contribution in [1.82, 2.24) is 4.98 Å². The van der Waals surface area contributed by atoms with Crippen LogP contribution in [-0.2, 0) is 6.54 Å². The Kier molecular flexibility index (Phi) is 2.83. The van der Waals surface area contributed by atoms with Gasteiger partial charge in [0.2, 0.25) is 0 Å². The molecule has 0 fully saturated rings. The van der Waals surface area contributed by atoms with Crippen LogP contribution in [0.4, 0.5) is 5.82 Å². The van der Waals surface area contributed by atoms with Gasteiger partial charge in [0.1, 0.15) is 5.82 Å². The quantitative estimate of drug-likeness (QED) is 0.799. The standard InChI is InChI=1S/C12H15N3/c1-2-14-12-10(8-13)7-9-5-3-4-6-11(9)15-12/h3-7H,2,8,13H2,1H3,(H,14,15). The second kappa shape index (κ2) is 4.28. The first-order valence-corrected chi connectivity index (χ1v) is 5.17. The Hall–Kier alpha value is -1.61. The van der Waals surface area contributed by atoms with Crippen molar-refractivity contribution >= 4 is 16.7 Å². The SMILES string of the molecule is CCNc1nc2ccccc2cc1CN. The van der Waals surface area contributed by atoms with E-state index >= 15 is 0 Å². The van der Waals surface area contributed by atoms with Gasteiger partial charge >= 0.3 is 0 Å². The molecule has 1 aromatic heterocycles. The second-order valence-corrected chi connectivity index (χ2v) is 3.42. The van der Waals surface area contributed by atoms with Gasteiger partial charge < -0.3 is 11.1 Å². The van der Waals surface area contributed by atoms with E-state index < -0.39 is 0 Å². The lowest BCUT2D eigenvalue weighted by atomic mass is 10.1. The van der Waals surface area contributed by atoms with Gasteiger partial charge in [-0.1, -0.05) is 18.2 Å². The van der Waals surface area contributed by atoms with Crippen molar-refractivity contribution in [2.75, 3.05) is 11.9 Å². The molecular formula is C12H15N3. The zero-order chi connectivity index (χ0) is 10.7. The molecule has 0 aliphatic heterocycles. The summed E-state index contributed by atoms with van der Waals surface area (Å²) in [5.74, 6) is 0.902. The maximum atomic E-state index is 5.69. The zero-order valence-electron chi connectivity index (χ0n) is 8.83. The van der Waals surface area contributed by atoms with E-state index in [2.05, 4.69) is 29.4 Å². The van der Waals surface area contributed by atoms with Crippen LogP contribution in [0.3, 0.4) is 0 Å². The van der Waals surface area contributed by atoms with Gasteiger partial charge in [0, 0.05) is 24.0 Å². The fourth-order valence-corrected chi connectivity index (χ4v) is 1.64. The van der Waals surface area contributed by atoms with Crippen molar-refractivity contribution in [3.8, 4) is 0 Å². The fourth-order valence-electron chi connectivity index (χ4n) is 1.64. The molecule has 0 unspecified atom stereocenters. The Morgan fingerprint density at radius 1 is 1.33 bits per heavy atom. The lowest BCUT2D eigenvalue weighted by molar-refractivity contribution is 1.04. The van der Waals surface area contributed by atoms with Crippen LogP contribution in [0.2, 0.25) is 0 Å². The topological polar surface area (TPSA) is 50.9 Å². The lowest BCUT2D eigenvalue weighted by Gasteiger charge is -2.09. The van der Waals surface area contributed by atoms with Crippen molar-refractivity contribution in [2.45, 2.75) is 13.5 Å². The number of benzene rings is 1. The second-order valence-electron chi connectivity index (χ2n) is 3.42. The van der Waals surface area contributed by atoms with Crippen molar-refractivity contribution in [2.24, 2.45) is 5.73 Å². The molecule has 0 bridgehead atoms. The van der Waals surface area contributed by atoms with Gasteiger partial charge in [0.05, 0.1) is 5.52 Å². The molecule has 2 rings (SSSR count). The molecule has 3 N–H and O–H groups in total. The number of anilines is 1. The Labute approximate surface area is 89.3 Å². The largest absolute Gasteiger partial charge is 0.370 e. The van der Waals surface area contributed by atoms with Crippen LogP contribution in [0.1, 0.15) is 12.5 Å². The highest BCUT2D eigenvalue weighted by Crippen LogP contribution is 2.19. The first-order chi connectivity index (χ1) is 7.35. The highest BCUT2D eigenvalue weighted by Gasteiger charge is 2.03. The third-order valence-corrected chi connectivity index (χ3v) is 2.37. The highest BCUT2D eigenvalue weighted by molar-refractivity contribution is 5.81. The Balaban J connectivity index is 2.58. The molecule has 0 atom stereocenters. The summed E-state index contributed by atoms with van der Waals surface area (Å²) in [5.41, 5.74) is 7.76. The van der Waals surface area contributed by atoms with Crippen molar-refractivity contribution < 1.29 is 0 Å². The Morgan fingerprint density at radius 2 is 2.13 bits per heavy atom. The van der Waals surface area contributed by atoms with E-state index in [1.165, 1.54) is 0 Å². The summed E-state index contributed by atoms with van der Waals surface area (Å²) in [6.07, 6.45) is 0. The van der Waals surface area contributed by atoms with E-state index in [4.69, 9.17) is 5.73 Å². The van der Waals surface area contributed by atoms with Crippen LogP contribution in [-0.4, -0.2) is 11.5 Å². The molecule has 0 aliphatic carbocycles. The molecule has 78 valence electrons.